The molecule has 1 atom stereocenters. The van der Waals surface area contributed by atoms with Gasteiger partial charge in [0.2, 0.25) is 0 Å². The van der Waals surface area contributed by atoms with Crippen LogP contribution in [0.25, 0.3) is 11.3 Å². The van der Waals surface area contributed by atoms with Gasteiger partial charge in [0.05, 0.1) is 23.2 Å². The highest BCUT2D eigenvalue weighted by Crippen LogP contribution is 2.31. The van der Waals surface area contributed by atoms with E-state index in [4.69, 9.17) is 0 Å². The number of sulfone groups is 1. The number of hydrogen-bond acceptors (Lipinski definition) is 4. The highest BCUT2D eigenvalue weighted by Gasteiger charge is 2.32. The fourth-order valence-electron chi connectivity index (χ4n) is 4.12. The molecule has 2 heterocycles. The zero-order chi connectivity index (χ0) is 24.0. The highest BCUT2D eigenvalue weighted by molar-refractivity contribution is 7.91. The summed E-state index contributed by atoms with van der Waals surface area (Å²) in [5, 5.41) is 7.50. The van der Waals surface area contributed by atoms with E-state index in [2.05, 4.69) is 37.3 Å². The minimum Gasteiger partial charge on any atom is -0.321 e. The van der Waals surface area contributed by atoms with Crippen molar-refractivity contribution in [1.82, 2.24) is 9.78 Å². The van der Waals surface area contributed by atoms with Crippen LogP contribution in [0, 0.1) is 13.8 Å². The van der Waals surface area contributed by atoms with E-state index >= 15 is 0 Å². The highest BCUT2D eigenvalue weighted by atomic mass is 32.2. The van der Waals surface area contributed by atoms with E-state index in [0.29, 0.717) is 12.1 Å². The van der Waals surface area contributed by atoms with Crippen LogP contribution in [0.1, 0.15) is 60.4 Å². The molecule has 6 nitrogen and oxygen atoms in total. The van der Waals surface area contributed by atoms with Gasteiger partial charge in [0.25, 0.3) is 5.91 Å². The van der Waals surface area contributed by atoms with E-state index in [0.717, 1.165) is 16.8 Å². The van der Waals surface area contributed by atoms with Crippen molar-refractivity contribution in [2.75, 3.05) is 16.8 Å². The Hall–Kier alpha value is -2.93. The first-order chi connectivity index (χ1) is 15.4. The molecule has 0 radical (unpaired) electrons. The first kappa shape index (κ1) is 23.2. The average molecular weight is 466 g/mol. The Kier molecular flexibility index (Phi) is 5.95. The molecule has 0 unspecified atom stereocenters. The van der Waals surface area contributed by atoms with Gasteiger partial charge in [0.15, 0.2) is 15.5 Å². The van der Waals surface area contributed by atoms with Crippen molar-refractivity contribution in [3.8, 4) is 11.3 Å². The lowest BCUT2D eigenvalue weighted by Gasteiger charge is -2.19. The standard InChI is InChI=1S/C26H31N3O3S/c1-17-6-7-19(14-18(17)2)24-15-23(28-29(24)22-12-13-33(31,32)16-22)25(30)27-21-10-8-20(9-11-21)26(3,4)5/h6-11,14-15,22H,12-13,16H2,1-5H3,(H,27,30)/t22-/m0/s1. The lowest BCUT2D eigenvalue weighted by atomic mass is 9.87. The fourth-order valence-corrected chi connectivity index (χ4v) is 5.81. The van der Waals surface area contributed by atoms with E-state index in [1.165, 1.54) is 11.1 Å². The summed E-state index contributed by atoms with van der Waals surface area (Å²) < 4.78 is 26.0. The Morgan fingerprint density at radius 3 is 2.30 bits per heavy atom. The molecule has 7 heteroatoms. The van der Waals surface area contributed by atoms with Crippen LogP contribution in [-0.2, 0) is 15.3 Å². The molecule has 0 aliphatic carbocycles. The lowest BCUT2D eigenvalue weighted by Crippen LogP contribution is -2.17. The molecule has 0 saturated carbocycles. The minimum atomic E-state index is -3.09. The maximum atomic E-state index is 13.1. The molecule has 1 aromatic heterocycles. The molecule has 1 aliphatic heterocycles. The first-order valence-electron chi connectivity index (χ1n) is 11.2. The smallest absolute Gasteiger partial charge is 0.276 e. The predicted octanol–water partition coefficient (Wildman–Crippen LogP) is 5.08. The van der Waals surface area contributed by atoms with Crippen LogP contribution in [0.5, 0.6) is 0 Å². The van der Waals surface area contributed by atoms with Crippen LogP contribution < -0.4 is 5.32 Å². The molecule has 1 aliphatic rings. The SMILES string of the molecule is Cc1ccc(-c2cc(C(=O)Nc3ccc(C(C)(C)C)cc3)nn2[C@H]2CCS(=O)(=O)C2)cc1C. The lowest BCUT2D eigenvalue weighted by molar-refractivity contribution is 0.102. The molecule has 1 saturated heterocycles. The van der Waals surface area contributed by atoms with Crippen molar-refractivity contribution in [1.29, 1.82) is 0 Å². The van der Waals surface area contributed by atoms with E-state index < -0.39 is 9.84 Å². The molecule has 0 bridgehead atoms. The second-order valence-electron chi connectivity index (χ2n) is 10.00. The summed E-state index contributed by atoms with van der Waals surface area (Å²) in [6.07, 6.45) is 0.497. The maximum absolute atomic E-state index is 13.1. The molecule has 174 valence electrons. The monoisotopic (exact) mass is 465 g/mol. The van der Waals surface area contributed by atoms with Gasteiger partial charge < -0.3 is 5.32 Å². The maximum Gasteiger partial charge on any atom is 0.276 e. The van der Waals surface area contributed by atoms with E-state index in [1.807, 2.05) is 50.2 Å². The molecule has 0 spiro atoms. The van der Waals surface area contributed by atoms with Gasteiger partial charge in [-0.2, -0.15) is 5.10 Å². The molecule has 33 heavy (non-hydrogen) atoms. The Balaban J connectivity index is 1.67. The summed E-state index contributed by atoms with van der Waals surface area (Å²) >= 11 is 0. The number of carbonyl (C=O) groups excluding carboxylic acids is 1. The number of rotatable bonds is 4. The molecule has 2 aromatic carbocycles. The van der Waals surface area contributed by atoms with Crippen molar-refractivity contribution in [2.24, 2.45) is 0 Å². The van der Waals surface area contributed by atoms with Gasteiger partial charge in [-0.1, -0.05) is 45.0 Å². The van der Waals surface area contributed by atoms with Crippen molar-refractivity contribution < 1.29 is 13.2 Å². The third-order valence-electron chi connectivity index (χ3n) is 6.33. The summed E-state index contributed by atoms with van der Waals surface area (Å²) in [4.78, 5) is 13.1. The van der Waals surface area contributed by atoms with Crippen LogP contribution in [0.4, 0.5) is 5.69 Å². The molecule has 3 aromatic rings. The van der Waals surface area contributed by atoms with Crippen molar-refractivity contribution in [3.05, 3.63) is 70.9 Å². The Bertz CT molecular complexity index is 1300. The van der Waals surface area contributed by atoms with E-state index in [-0.39, 0.29) is 34.6 Å². The van der Waals surface area contributed by atoms with Gasteiger partial charge >= 0.3 is 0 Å². The molecular formula is C26H31N3O3S. The molecule has 1 N–H and O–H groups in total. The van der Waals surface area contributed by atoms with Gasteiger partial charge in [-0.05, 0) is 66.6 Å². The zero-order valence-corrected chi connectivity index (χ0v) is 20.7. The predicted molar refractivity (Wildman–Crippen MR) is 133 cm³/mol. The Labute approximate surface area is 195 Å². The van der Waals surface area contributed by atoms with Crippen LogP contribution in [0.3, 0.4) is 0 Å². The largest absolute Gasteiger partial charge is 0.321 e. The number of hydrogen-bond donors (Lipinski definition) is 1. The average Bonchev–Trinajstić information content (AvgIpc) is 3.33. The van der Waals surface area contributed by atoms with E-state index in [1.54, 1.807) is 10.7 Å². The quantitative estimate of drug-likeness (QED) is 0.583. The van der Waals surface area contributed by atoms with Crippen molar-refractivity contribution in [2.45, 2.75) is 52.5 Å². The molecule has 1 amide bonds. The fraction of sp³-hybridized carbons (Fsp3) is 0.385. The number of anilines is 1. The third kappa shape index (κ3) is 5.03. The van der Waals surface area contributed by atoms with Crippen LogP contribution in [0.2, 0.25) is 0 Å². The van der Waals surface area contributed by atoms with Gasteiger partial charge in [-0.15, -0.1) is 0 Å². The summed E-state index contributed by atoms with van der Waals surface area (Å²) in [5.41, 5.74) is 6.16. The summed E-state index contributed by atoms with van der Waals surface area (Å²) in [7, 11) is -3.09. The number of nitrogens with zero attached hydrogens (tertiary/aromatic N) is 2. The van der Waals surface area contributed by atoms with Gasteiger partial charge in [-0.25, -0.2) is 8.42 Å². The minimum absolute atomic E-state index is 0.0317. The number of aromatic nitrogens is 2. The number of aryl methyl sites for hydroxylation is 2. The van der Waals surface area contributed by atoms with Crippen molar-refractivity contribution in [3.63, 3.8) is 0 Å². The van der Waals surface area contributed by atoms with E-state index in [9.17, 15) is 13.2 Å². The summed E-state index contributed by atoms with van der Waals surface area (Å²) in [6, 6.07) is 15.4. The Morgan fingerprint density at radius 2 is 1.73 bits per heavy atom. The van der Waals surface area contributed by atoms with Crippen LogP contribution >= 0.6 is 0 Å². The second kappa shape index (κ2) is 8.45. The van der Waals surface area contributed by atoms with Crippen LogP contribution in [-0.4, -0.2) is 35.6 Å². The topological polar surface area (TPSA) is 81.1 Å². The Morgan fingerprint density at radius 1 is 1.03 bits per heavy atom. The zero-order valence-electron chi connectivity index (χ0n) is 19.8. The van der Waals surface area contributed by atoms with Crippen LogP contribution in [0.15, 0.2) is 48.5 Å². The number of nitrogens with one attached hydrogen (secondary N) is 1. The number of amides is 1. The second-order valence-corrected chi connectivity index (χ2v) is 12.2. The van der Waals surface area contributed by atoms with Gasteiger partial charge in [0.1, 0.15) is 0 Å². The molecular weight excluding hydrogens is 434 g/mol. The van der Waals surface area contributed by atoms with Crippen molar-refractivity contribution >= 4 is 21.4 Å². The normalized spacial score (nSPS) is 17.8. The third-order valence-corrected chi connectivity index (χ3v) is 8.08. The molecule has 1 fully saturated rings. The molecule has 4 rings (SSSR count). The first-order valence-corrected chi connectivity index (χ1v) is 13.0. The number of benzene rings is 2. The summed E-state index contributed by atoms with van der Waals surface area (Å²) in [5.74, 6) is -0.129. The number of carbonyl (C=O) groups is 1. The summed E-state index contributed by atoms with van der Waals surface area (Å²) in [6.45, 7) is 10.5. The van der Waals surface area contributed by atoms with Gasteiger partial charge in [0, 0.05) is 11.3 Å². The van der Waals surface area contributed by atoms with Gasteiger partial charge in [-0.3, -0.25) is 9.48 Å².